The molecule has 0 spiro atoms. The molecule has 1 heterocycles. The van der Waals surface area contributed by atoms with Crippen molar-refractivity contribution in [3.05, 3.63) is 51.8 Å². The smallest absolute Gasteiger partial charge is 0.129 e. The van der Waals surface area contributed by atoms with Crippen LogP contribution in [0.25, 0.3) is 0 Å². The van der Waals surface area contributed by atoms with Crippen LogP contribution < -0.4 is 11.5 Å². The van der Waals surface area contributed by atoms with Gasteiger partial charge in [-0.05, 0) is 11.6 Å². The second kappa shape index (κ2) is 5.97. The Morgan fingerprint density at radius 1 is 1.50 bits per heavy atom. The van der Waals surface area contributed by atoms with E-state index in [1.54, 1.807) is 12.2 Å². The van der Waals surface area contributed by atoms with E-state index in [2.05, 4.69) is 10.2 Å². The van der Waals surface area contributed by atoms with Crippen molar-refractivity contribution in [3.8, 4) is 6.07 Å². The SMILES string of the molecule is N#CC1=C(CN=O)N=C(N)/C(=C\N)C1C1=CC=CC(=N)C1=N. The lowest BCUT2D eigenvalue weighted by atomic mass is 9.77. The van der Waals surface area contributed by atoms with Crippen LogP contribution in [-0.4, -0.2) is 23.8 Å². The van der Waals surface area contributed by atoms with Gasteiger partial charge in [0.2, 0.25) is 0 Å². The van der Waals surface area contributed by atoms with E-state index in [1.807, 2.05) is 6.07 Å². The van der Waals surface area contributed by atoms with Crippen molar-refractivity contribution in [2.45, 2.75) is 0 Å². The van der Waals surface area contributed by atoms with E-state index in [-0.39, 0.29) is 35.1 Å². The molecule has 0 aromatic carbocycles. The summed E-state index contributed by atoms with van der Waals surface area (Å²) in [5.41, 5.74) is 12.5. The standard InChI is InChI=1S/C14H13N7O/c15-4-8-11(6-20-22)21-14(19)9(5-16)12(8)7-2-1-3-10(17)13(7)18/h1-3,5,12,17-18H,6,16H2,(H2,19,21)/b9-5-,17-10?,18-13?. The molecule has 0 aromatic heterocycles. The lowest BCUT2D eigenvalue weighted by Crippen LogP contribution is -2.33. The van der Waals surface area contributed by atoms with Crippen molar-refractivity contribution in [1.82, 2.24) is 0 Å². The third-order valence-corrected chi connectivity index (χ3v) is 3.38. The fraction of sp³-hybridized carbons (Fsp3) is 0.143. The highest BCUT2D eigenvalue weighted by molar-refractivity contribution is 6.51. The molecule has 8 heteroatoms. The zero-order valence-electron chi connectivity index (χ0n) is 11.5. The van der Waals surface area contributed by atoms with E-state index >= 15 is 0 Å². The summed E-state index contributed by atoms with van der Waals surface area (Å²) < 4.78 is 0. The van der Waals surface area contributed by atoms with Crippen molar-refractivity contribution in [3.63, 3.8) is 0 Å². The van der Waals surface area contributed by atoms with Crippen molar-refractivity contribution in [2.24, 2.45) is 27.6 Å². The van der Waals surface area contributed by atoms with E-state index in [9.17, 15) is 10.2 Å². The van der Waals surface area contributed by atoms with E-state index in [0.717, 1.165) is 0 Å². The highest BCUT2D eigenvalue weighted by Gasteiger charge is 2.34. The Morgan fingerprint density at radius 2 is 2.23 bits per heavy atom. The molecule has 1 aliphatic heterocycles. The molecule has 1 aliphatic carbocycles. The minimum atomic E-state index is -0.734. The Bertz CT molecular complexity index is 759. The Kier molecular flexibility index (Phi) is 4.08. The summed E-state index contributed by atoms with van der Waals surface area (Å²) in [5, 5.41) is 28.0. The van der Waals surface area contributed by atoms with Gasteiger partial charge in [0, 0.05) is 11.8 Å². The molecule has 6 N–H and O–H groups in total. The Balaban J connectivity index is 2.67. The molecule has 0 fully saturated rings. The average molecular weight is 295 g/mol. The average Bonchev–Trinajstić information content (AvgIpc) is 2.50. The van der Waals surface area contributed by atoms with Crippen LogP contribution in [0.15, 0.2) is 57.0 Å². The molecule has 8 nitrogen and oxygen atoms in total. The largest absolute Gasteiger partial charge is 0.404 e. The summed E-state index contributed by atoms with van der Waals surface area (Å²) in [6.07, 6.45) is 5.93. The maximum absolute atomic E-state index is 10.5. The van der Waals surface area contributed by atoms with Gasteiger partial charge in [-0.3, -0.25) is 10.8 Å². The lowest BCUT2D eigenvalue weighted by Gasteiger charge is -2.28. The second-order valence-corrected chi connectivity index (χ2v) is 4.58. The van der Waals surface area contributed by atoms with Crippen molar-refractivity contribution in [2.75, 3.05) is 6.54 Å². The number of nitroso groups, excluding NO2 is 1. The van der Waals surface area contributed by atoms with Crippen LogP contribution in [-0.2, 0) is 0 Å². The molecule has 0 bridgehead atoms. The van der Waals surface area contributed by atoms with Gasteiger partial charge in [0.1, 0.15) is 12.4 Å². The summed E-state index contributed by atoms with van der Waals surface area (Å²) in [4.78, 5) is 14.6. The molecule has 0 radical (unpaired) electrons. The third kappa shape index (κ3) is 2.35. The van der Waals surface area contributed by atoms with Gasteiger partial charge in [0.05, 0.1) is 34.7 Å². The molecule has 0 amide bonds. The molecule has 0 saturated heterocycles. The third-order valence-electron chi connectivity index (χ3n) is 3.38. The Labute approximate surface area is 126 Å². The lowest BCUT2D eigenvalue weighted by molar-refractivity contribution is 0.865. The molecule has 22 heavy (non-hydrogen) atoms. The fourth-order valence-electron chi connectivity index (χ4n) is 2.37. The van der Waals surface area contributed by atoms with Crippen LogP contribution >= 0.6 is 0 Å². The van der Waals surface area contributed by atoms with Gasteiger partial charge in [0.25, 0.3) is 0 Å². The first-order chi connectivity index (χ1) is 10.5. The first-order valence-electron chi connectivity index (χ1n) is 6.29. The van der Waals surface area contributed by atoms with Crippen LogP contribution in [0.2, 0.25) is 0 Å². The molecule has 0 saturated carbocycles. The van der Waals surface area contributed by atoms with E-state index in [0.29, 0.717) is 11.1 Å². The van der Waals surface area contributed by atoms with E-state index < -0.39 is 5.92 Å². The molecule has 2 rings (SSSR count). The summed E-state index contributed by atoms with van der Waals surface area (Å²) in [6.45, 7) is -0.300. The minimum Gasteiger partial charge on any atom is -0.404 e. The number of nitriles is 1. The van der Waals surface area contributed by atoms with Gasteiger partial charge in [0.15, 0.2) is 0 Å². The number of hydrogen-bond acceptors (Lipinski definition) is 8. The number of aliphatic imine (C=N–C) groups is 1. The second-order valence-electron chi connectivity index (χ2n) is 4.58. The number of rotatable bonds is 3. The monoisotopic (exact) mass is 295 g/mol. The van der Waals surface area contributed by atoms with Gasteiger partial charge < -0.3 is 11.5 Å². The van der Waals surface area contributed by atoms with Gasteiger partial charge in [-0.15, -0.1) is 0 Å². The molecule has 1 atom stereocenters. The fourth-order valence-corrected chi connectivity index (χ4v) is 2.37. The van der Waals surface area contributed by atoms with Crippen LogP contribution in [0.3, 0.4) is 0 Å². The summed E-state index contributed by atoms with van der Waals surface area (Å²) >= 11 is 0. The highest BCUT2D eigenvalue weighted by Crippen LogP contribution is 2.35. The van der Waals surface area contributed by atoms with Crippen LogP contribution in [0.1, 0.15) is 0 Å². The zero-order chi connectivity index (χ0) is 16.3. The molecule has 1 unspecified atom stereocenters. The number of hydrogen-bond donors (Lipinski definition) is 4. The summed E-state index contributed by atoms with van der Waals surface area (Å²) in [7, 11) is 0. The normalized spacial score (nSPS) is 23.2. The minimum absolute atomic E-state index is 0.0160. The number of nitrogens with two attached hydrogens (primary N) is 2. The number of amidine groups is 1. The molecule has 2 aliphatic rings. The summed E-state index contributed by atoms with van der Waals surface area (Å²) in [5.74, 6) is -0.665. The van der Waals surface area contributed by atoms with Crippen molar-refractivity contribution < 1.29 is 0 Å². The Morgan fingerprint density at radius 3 is 2.82 bits per heavy atom. The van der Waals surface area contributed by atoms with Gasteiger partial charge in [-0.25, -0.2) is 4.99 Å². The highest BCUT2D eigenvalue weighted by atomic mass is 16.3. The quantitative estimate of drug-likeness (QED) is 0.448. The van der Waals surface area contributed by atoms with E-state index in [1.165, 1.54) is 12.3 Å². The summed E-state index contributed by atoms with van der Waals surface area (Å²) in [6, 6.07) is 2.00. The van der Waals surface area contributed by atoms with Crippen molar-refractivity contribution >= 4 is 17.3 Å². The first-order valence-corrected chi connectivity index (χ1v) is 6.29. The Hall–Kier alpha value is -3.34. The topological polar surface area (TPSA) is 165 Å². The number of nitrogens with zero attached hydrogens (tertiary/aromatic N) is 3. The first kappa shape index (κ1) is 15.1. The number of nitrogens with one attached hydrogen (secondary N) is 2. The van der Waals surface area contributed by atoms with Crippen LogP contribution in [0.4, 0.5) is 0 Å². The van der Waals surface area contributed by atoms with E-state index in [4.69, 9.17) is 22.3 Å². The number of allylic oxidation sites excluding steroid dienone is 5. The maximum atomic E-state index is 10.5. The van der Waals surface area contributed by atoms with Gasteiger partial charge in [-0.2, -0.15) is 10.2 Å². The predicted octanol–water partition coefficient (Wildman–Crippen LogP) is 0.896. The molecule has 110 valence electrons. The predicted molar refractivity (Wildman–Crippen MR) is 83.4 cm³/mol. The maximum Gasteiger partial charge on any atom is 0.129 e. The van der Waals surface area contributed by atoms with Crippen molar-refractivity contribution in [1.29, 1.82) is 16.1 Å². The molecular formula is C14H13N7O. The van der Waals surface area contributed by atoms with Crippen LogP contribution in [0.5, 0.6) is 0 Å². The van der Waals surface area contributed by atoms with Gasteiger partial charge >= 0.3 is 0 Å². The zero-order valence-corrected chi connectivity index (χ0v) is 11.5. The molecule has 0 aromatic rings. The van der Waals surface area contributed by atoms with Crippen LogP contribution in [0, 0.1) is 33.0 Å². The molecular weight excluding hydrogens is 282 g/mol. The van der Waals surface area contributed by atoms with Gasteiger partial charge in [-0.1, -0.05) is 17.3 Å².